The summed E-state index contributed by atoms with van der Waals surface area (Å²) in [5, 5.41) is 23.2. The van der Waals surface area contributed by atoms with E-state index >= 15 is 0 Å². The van der Waals surface area contributed by atoms with E-state index in [4.69, 9.17) is 4.74 Å². The highest BCUT2D eigenvalue weighted by Gasteiger charge is 2.18. The molecule has 2 unspecified atom stereocenters. The van der Waals surface area contributed by atoms with E-state index in [1.54, 1.807) is 6.08 Å². The molecular weight excluding hydrogens is 911 g/mol. The van der Waals surface area contributed by atoms with Gasteiger partial charge in [0, 0.05) is 12.8 Å². The molecule has 2 atom stereocenters. The van der Waals surface area contributed by atoms with Gasteiger partial charge >= 0.3 is 5.97 Å². The molecule has 0 rings (SSSR count). The first-order chi connectivity index (χ1) is 36.5. The molecule has 0 aliphatic carbocycles. The Morgan fingerprint density at radius 3 is 0.919 bits per heavy atom. The zero-order chi connectivity index (χ0) is 53.6. The Labute approximate surface area is 463 Å². The van der Waals surface area contributed by atoms with Gasteiger partial charge in [0.2, 0.25) is 5.91 Å². The van der Waals surface area contributed by atoms with Crippen LogP contribution in [-0.4, -0.2) is 47.4 Å². The second kappa shape index (κ2) is 64.1. The van der Waals surface area contributed by atoms with Gasteiger partial charge in [0.25, 0.3) is 0 Å². The smallest absolute Gasteiger partial charge is 0.305 e. The minimum Gasteiger partial charge on any atom is -0.466 e. The third-order valence-corrected chi connectivity index (χ3v) is 16.1. The quantitative estimate of drug-likeness (QED) is 0.0320. The second-order valence-electron chi connectivity index (χ2n) is 23.5. The van der Waals surface area contributed by atoms with Crippen LogP contribution in [0.2, 0.25) is 0 Å². The van der Waals surface area contributed by atoms with Crippen LogP contribution in [-0.2, 0) is 14.3 Å². The lowest BCUT2D eigenvalue weighted by Gasteiger charge is -2.20. The summed E-state index contributed by atoms with van der Waals surface area (Å²) in [7, 11) is 0. The number of amides is 1. The first-order valence-corrected chi connectivity index (χ1v) is 34.0. The summed E-state index contributed by atoms with van der Waals surface area (Å²) >= 11 is 0. The minimum atomic E-state index is -0.843. The SMILES string of the molecule is CCCCCCCCCCCCCCCCCCCCC/C=C/C(O)C(CO)NC(=O)CCCCCCCCCCCCCCCCCCCCCCCCCCCOC(=O)CCCCCCCCCCCCC. The molecular formula is C68H133NO5. The number of aliphatic hydroxyl groups excluding tert-OH is 2. The first-order valence-electron chi connectivity index (χ1n) is 34.0. The molecule has 0 saturated heterocycles. The van der Waals surface area contributed by atoms with E-state index in [1.165, 1.54) is 321 Å². The molecule has 6 heteroatoms. The summed E-state index contributed by atoms with van der Waals surface area (Å²) in [6.45, 7) is 4.94. The Kier molecular flexibility index (Phi) is 62.9. The molecule has 0 bridgehead atoms. The number of esters is 1. The van der Waals surface area contributed by atoms with Gasteiger partial charge in [-0.2, -0.15) is 0 Å². The number of nitrogens with one attached hydrogen (secondary N) is 1. The summed E-state index contributed by atoms with van der Waals surface area (Å²) in [5.41, 5.74) is 0. The Balaban J connectivity index is 3.39. The van der Waals surface area contributed by atoms with E-state index in [9.17, 15) is 19.8 Å². The fraction of sp³-hybridized carbons (Fsp3) is 0.941. The van der Waals surface area contributed by atoms with Crippen molar-refractivity contribution < 1.29 is 24.5 Å². The van der Waals surface area contributed by atoms with Crippen LogP contribution in [0.25, 0.3) is 0 Å². The van der Waals surface area contributed by atoms with Crippen molar-refractivity contribution in [1.82, 2.24) is 5.32 Å². The molecule has 0 spiro atoms. The number of carbonyl (C=O) groups is 2. The van der Waals surface area contributed by atoms with Crippen molar-refractivity contribution >= 4 is 11.9 Å². The van der Waals surface area contributed by atoms with Crippen LogP contribution in [0.4, 0.5) is 0 Å². The second-order valence-corrected chi connectivity index (χ2v) is 23.5. The standard InChI is InChI=1S/C68H133NO5/c1-3-5-7-9-11-13-15-16-17-18-19-25-28-31-34-37-41-44-48-52-56-60-66(71)65(64-70)69-67(72)61-57-53-49-45-42-38-35-32-29-26-23-21-20-22-24-27-30-33-36-39-43-47-51-55-59-63-74-68(73)62-58-54-50-46-40-14-12-10-8-6-4-2/h56,60,65-66,70-71H,3-55,57-59,61-64H2,1-2H3,(H,69,72)/b60-56+. The zero-order valence-corrected chi connectivity index (χ0v) is 50.4. The summed E-state index contributed by atoms with van der Waals surface area (Å²) in [6, 6.07) is -0.626. The molecule has 0 radical (unpaired) electrons. The van der Waals surface area contributed by atoms with Crippen LogP contribution >= 0.6 is 0 Å². The number of hydrogen-bond donors (Lipinski definition) is 3. The van der Waals surface area contributed by atoms with E-state index in [1.807, 2.05) is 6.08 Å². The molecule has 6 nitrogen and oxygen atoms in total. The Morgan fingerprint density at radius 2 is 0.622 bits per heavy atom. The molecule has 3 N–H and O–H groups in total. The summed E-state index contributed by atoms with van der Waals surface area (Å²) in [6.07, 6.45) is 78.5. The Hall–Kier alpha value is -1.40. The van der Waals surface area contributed by atoms with Crippen molar-refractivity contribution in [1.29, 1.82) is 0 Å². The predicted octanol–water partition coefficient (Wildman–Crippen LogP) is 21.6. The zero-order valence-electron chi connectivity index (χ0n) is 50.4. The van der Waals surface area contributed by atoms with Crippen LogP contribution in [0, 0.1) is 0 Å². The maximum Gasteiger partial charge on any atom is 0.305 e. The monoisotopic (exact) mass is 1040 g/mol. The van der Waals surface area contributed by atoms with Gasteiger partial charge in [-0.25, -0.2) is 0 Å². The molecule has 440 valence electrons. The third-order valence-electron chi connectivity index (χ3n) is 16.1. The number of carbonyl (C=O) groups excluding carboxylic acids is 2. The van der Waals surface area contributed by atoms with Crippen molar-refractivity contribution in [3.05, 3.63) is 12.2 Å². The third kappa shape index (κ3) is 59.8. The fourth-order valence-corrected chi connectivity index (χ4v) is 10.9. The molecule has 74 heavy (non-hydrogen) atoms. The highest BCUT2D eigenvalue weighted by Crippen LogP contribution is 2.19. The highest BCUT2D eigenvalue weighted by atomic mass is 16.5. The highest BCUT2D eigenvalue weighted by molar-refractivity contribution is 5.76. The largest absolute Gasteiger partial charge is 0.466 e. The van der Waals surface area contributed by atoms with Gasteiger partial charge in [-0.3, -0.25) is 9.59 Å². The average Bonchev–Trinajstić information content (AvgIpc) is 3.40. The summed E-state index contributed by atoms with van der Waals surface area (Å²) in [4.78, 5) is 24.5. The van der Waals surface area contributed by atoms with Crippen LogP contribution in [0.15, 0.2) is 12.2 Å². The first kappa shape index (κ1) is 72.6. The maximum atomic E-state index is 12.5. The number of rotatable bonds is 64. The van der Waals surface area contributed by atoms with Gasteiger partial charge in [-0.1, -0.05) is 353 Å². The Morgan fingerprint density at radius 1 is 0.365 bits per heavy atom. The number of aliphatic hydroxyl groups is 2. The lowest BCUT2D eigenvalue weighted by atomic mass is 10.0. The van der Waals surface area contributed by atoms with E-state index < -0.39 is 12.1 Å². The molecule has 0 aromatic heterocycles. The maximum absolute atomic E-state index is 12.5. The van der Waals surface area contributed by atoms with Crippen molar-refractivity contribution in [2.24, 2.45) is 0 Å². The van der Waals surface area contributed by atoms with Crippen molar-refractivity contribution in [3.8, 4) is 0 Å². The number of hydrogen-bond acceptors (Lipinski definition) is 5. The number of unbranched alkanes of at least 4 members (excludes halogenated alkanes) is 53. The summed E-state index contributed by atoms with van der Waals surface area (Å²) < 4.78 is 5.47. The lowest BCUT2D eigenvalue weighted by Crippen LogP contribution is -2.45. The van der Waals surface area contributed by atoms with Crippen LogP contribution < -0.4 is 5.32 Å². The summed E-state index contributed by atoms with van der Waals surface area (Å²) in [5.74, 6) is -0.0453. The van der Waals surface area contributed by atoms with Gasteiger partial charge in [-0.05, 0) is 32.1 Å². The fourth-order valence-electron chi connectivity index (χ4n) is 10.9. The molecule has 1 amide bonds. The molecule has 0 aliphatic heterocycles. The van der Waals surface area contributed by atoms with E-state index in [2.05, 4.69) is 19.2 Å². The van der Waals surface area contributed by atoms with Crippen molar-refractivity contribution in [2.75, 3.05) is 13.2 Å². The van der Waals surface area contributed by atoms with Crippen LogP contribution in [0.1, 0.15) is 386 Å². The molecule has 0 saturated carbocycles. The van der Waals surface area contributed by atoms with Crippen LogP contribution in [0.3, 0.4) is 0 Å². The van der Waals surface area contributed by atoms with Gasteiger partial charge < -0.3 is 20.3 Å². The van der Waals surface area contributed by atoms with Gasteiger partial charge in [0.15, 0.2) is 0 Å². The molecule has 0 heterocycles. The topological polar surface area (TPSA) is 95.9 Å². The molecule has 0 aromatic rings. The minimum absolute atomic E-state index is 0.0165. The lowest BCUT2D eigenvalue weighted by molar-refractivity contribution is -0.143. The number of allylic oxidation sites excluding steroid dienone is 1. The van der Waals surface area contributed by atoms with E-state index in [-0.39, 0.29) is 18.5 Å². The van der Waals surface area contributed by atoms with Crippen molar-refractivity contribution in [2.45, 2.75) is 398 Å². The normalized spacial score (nSPS) is 12.5. The average molecular weight is 1040 g/mol. The number of ether oxygens (including phenoxy) is 1. The van der Waals surface area contributed by atoms with Gasteiger partial charge in [0.1, 0.15) is 0 Å². The molecule has 0 fully saturated rings. The predicted molar refractivity (Wildman–Crippen MR) is 324 cm³/mol. The van der Waals surface area contributed by atoms with E-state index in [0.29, 0.717) is 19.4 Å². The van der Waals surface area contributed by atoms with Crippen molar-refractivity contribution in [3.63, 3.8) is 0 Å². The molecule has 0 aromatic carbocycles. The van der Waals surface area contributed by atoms with Crippen LogP contribution in [0.5, 0.6) is 0 Å². The molecule has 0 aliphatic rings. The van der Waals surface area contributed by atoms with Gasteiger partial charge in [-0.15, -0.1) is 0 Å². The Bertz CT molecular complexity index is 1110. The van der Waals surface area contributed by atoms with E-state index in [0.717, 1.165) is 38.5 Å². The van der Waals surface area contributed by atoms with Gasteiger partial charge in [0.05, 0.1) is 25.4 Å².